The maximum Gasteiger partial charge on any atom is 0.278 e. The third kappa shape index (κ3) is 4.23. The topological polar surface area (TPSA) is 22.1 Å². The highest BCUT2D eigenvalue weighted by Gasteiger charge is 2.22. The van der Waals surface area contributed by atoms with E-state index in [1.54, 1.807) is 12.1 Å². The molecule has 84 valence electrons. The van der Waals surface area contributed by atoms with Crippen molar-refractivity contribution in [3.63, 3.8) is 0 Å². The summed E-state index contributed by atoms with van der Waals surface area (Å²) >= 11 is 0. The van der Waals surface area contributed by atoms with Gasteiger partial charge in [0.25, 0.3) is 5.92 Å². The molecule has 1 heterocycles. The second-order valence-electron chi connectivity index (χ2n) is 3.91. The smallest absolute Gasteiger partial charge is 0.278 e. The Labute approximate surface area is 88.3 Å². The Hall–Kier alpha value is -1.19. The summed E-state index contributed by atoms with van der Waals surface area (Å²) in [6, 6.07) is 5.19. The number of aromatic nitrogens is 1. The van der Waals surface area contributed by atoms with Gasteiger partial charge in [0.05, 0.1) is 0 Å². The van der Waals surface area contributed by atoms with E-state index in [0.29, 0.717) is 0 Å². The van der Waals surface area contributed by atoms with Gasteiger partial charge in [-0.05, 0) is 12.0 Å². The van der Waals surface area contributed by atoms with Crippen molar-refractivity contribution in [1.82, 2.24) is 4.98 Å². The van der Waals surface area contributed by atoms with Gasteiger partial charge >= 0.3 is 0 Å². The predicted molar refractivity (Wildman–Crippen MR) is 54.4 cm³/mol. The molecule has 0 saturated carbocycles. The Kier molecular flexibility index (Phi) is 3.61. The molecule has 0 amide bonds. The van der Waals surface area contributed by atoms with Crippen LogP contribution < -0.4 is 4.74 Å². The molecule has 1 aromatic rings. The highest BCUT2D eigenvalue weighted by Crippen LogP contribution is 2.18. The first-order chi connectivity index (χ1) is 6.88. The van der Waals surface area contributed by atoms with Gasteiger partial charge in [0.2, 0.25) is 5.88 Å². The van der Waals surface area contributed by atoms with Gasteiger partial charge in [0.1, 0.15) is 0 Å². The minimum absolute atomic E-state index is 0.253. The van der Waals surface area contributed by atoms with Gasteiger partial charge in [-0.25, -0.2) is 13.8 Å². The Morgan fingerprint density at radius 1 is 1.40 bits per heavy atom. The number of hydrogen-bond acceptors (Lipinski definition) is 2. The fraction of sp³-hybridized carbons (Fsp3) is 0.545. The molecule has 1 aromatic heterocycles. The van der Waals surface area contributed by atoms with E-state index < -0.39 is 12.5 Å². The molecule has 0 radical (unpaired) electrons. The molecule has 0 spiro atoms. The molecule has 0 aliphatic rings. The first kappa shape index (κ1) is 11.9. The molecule has 4 heteroatoms. The third-order valence-electron chi connectivity index (χ3n) is 1.81. The van der Waals surface area contributed by atoms with Gasteiger partial charge in [0.15, 0.2) is 6.61 Å². The van der Waals surface area contributed by atoms with Crippen LogP contribution in [0.2, 0.25) is 0 Å². The van der Waals surface area contributed by atoms with E-state index in [1.165, 1.54) is 0 Å². The lowest BCUT2D eigenvalue weighted by molar-refractivity contribution is -0.0243. The third-order valence-corrected chi connectivity index (χ3v) is 1.81. The van der Waals surface area contributed by atoms with E-state index in [9.17, 15) is 8.78 Å². The normalized spacial score (nSPS) is 11.9. The zero-order valence-electron chi connectivity index (χ0n) is 9.13. The summed E-state index contributed by atoms with van der Waals surface area (Å²) in [4.78, 5) is 4.12. The molecule has 0 atom stereocenters. The maximum atomic E-state index is 12.5. The summed E-state index contributed by atoms with van der Waals surface area (Å²) in [7, 11) is 0. The molecule has 0 N–H and O–H groups in total. The van der Waals surface area contributed by atoms with Crippen molar-refractivity contribution in [3.05, 3.63) is 23.9 Å². The van der Waals surface area contributed by atoms with Crippen LogP contribution in [0.4, 0.5) is 8.78 Å². The van der Waals surface area contributed by atoms with Gasteiger partial charge in [0, 0.05) is 18.7 Å². The minimum Gasteiger partial charge on any atom is -0.471 e. The van der Waals surface area contributed by atoms with Gasteiger partial charge < -0.3 is 4.74 Å². The monoisotopic (exact) mass is 215 g/mol. The molecule has 2 nitrogen and oxygen atoms in total. The van der Waals surface area contributed by atoms with Gasteiger partial charge in [-0.1, -0.05) is 19.9 Å². The minimum atomic E-state index is -2.82. The Morgan fingerprint density at radius 3 is 2.60 bits per heavy atom. The Bertz CT molecular complexity index is 321. The molecule has 0 aromatic carbocycles. The fourth-order valence-electron chi connectivity index (χ4n) is 1.03. The summed E-state index contributed by atoms with van der Waals surface area (Å²) in [5, 5.41) is 0. The van der Waals surface area contributed by atoms with Gasteiger partial charge in [-0.15, -0.1) is 0 Å². The number of halogens is 2. The number of nitrogens with zero attached hydrogens (tertiary/aromatic N) is 1. The van der Waals surface area contributed by atoms with Crippen molar-refractivity contribution in [2.45, 2.75) is 32.6 Å². The SMILES string of the molecule is CC(C)c1cccc(OCC(C)(F)F)n1. The van der Waals surface area contributed by atoms with Crippen molar-refractivity contribution >= 4 is 0 Å². The van der Waals surface area contributed by atoms with Gasteiger partial charge in [-0.2, -0.15) is 0 Å². The highest BCUT2D eigenvalue weighted by molar-refractivity contribution is 5.17. The van der Waals surface area contributed by atoms with Crippen molar-refractivity contribution in [2.75, 3.05) is 6.61 Å². The molecular weight excluding hydrogens is 200 g/mol. The first-order valence-electron chi connectivity index (χ1n) is 4.86. The number of ether oxygens (including phenoxy) is 1. The van der Waals surface area contributed by atoms with Crippen LogP contribution in [0.25, 0.3) is 0 Å². The van der Waals surface area contributed by atoms with E-state index in [-0.39, 0.29) is 11.8 Å². The lowest BCUT2D eigenvalue weighted by atomic mass is 10.1. The largest absolute Gasteiger partial charge is 0.471 e. The Morgan fingerprint density at radius 2 is 2.07 bits per heavy atom. The molecular formula is C11H15F2NO. The number of pyridine rings is 1. The standard InChI is InChI=1S/C11H15F2NO/c1-8(2)9-5-4-6-10(14-9)15-7-11(3,12)13/h4-6,8H,7H2,1-3H3. The molecule has 15 heavy (non-hydrogen) atoms. The van der Waals surface area contributed by atoms with Crippen LogP contribution in [0, 0.1) is 0 Å². The number of hydrogen-bond donors (Lipinski definition) is 0. The van der Waals surface area contributed by atoms with Crippen molar-refractivity contribution < 1.29 is 13.5 Å². The molecule has 0 aliphatic heterocycles. The molecule has 1 rings (SSSR count). The molecule has 0 fully saturated rings. The van der Waals surface area contributed by atoms with Crippen LogP contribution in [0.5, 0.6) is 5.88 Å². The second-order valence-corrected chi connectivity index (χ2v) is 3.91. The zero-order valence-corrected chi connectivity index (χ0v) is 9.13. The highest BCUT2D eigenvalue weighted by atomic mass is 19.3. The average molecular weight is 215 g/mol. The predicted octanol–water partition coefficient (Wildman–Crippen LogP) is 3.24. The van der Waals surface area contributed by atoms with E-state index in [1.807, 2.05) is 19.9 Å². The molecule has 0 aliphatic carbocycles. The van der Waals surface area contributed by atoms with Crippen molar-refractivity contribution in [1.29, 1.82) is 0 Å². The number of rotatable bonds is 4. The van der Waals surface area contributed by atoms with Crippen LogP contribution in [0.1, 0.15) is 32.4 Å². The lowest BCUT2D eigenvalue weighted by Crippen LogP contribution is -2.21. The van der Waals surface area contributed by atoms with Crippen LogP contribution in [-0.4, -0.2) is 17.5 Å². The van der Waals surface area contributed by atoms with Gasteiger partial charge in [-0.3, -0.25) is 0 Å². The summed E-state index contributed by atoms with van der Waals surface area (Å²) in [6.07, 6.45) is 0. The summed E-state index contributed by atoms with van der Waals surface area (Å²) in [5.41, 5.74) is 0.840. The lowest BCUT2D eigenvalue weighted by Gasteiger charge is -2.12. The van der Waals surface area contributed by atoms with Crippen molar-refractivity contribution in [2.24, 2.45) is 0 Å². The maximum absolute atomic E-state index is 12.5. The average Bonchev–Trinajstić information content (AvgIpc) is 2.14. The van der Waals surface area contributed by atoms with E-state index in [2.05, 4.69) is 4.98 Å². The zero-order chi connectivity index (χ0) is 11.5. The van der Waals surface area contributed by atoms with Crippen molar-refractivity contribution in [3.8, 4) is 5.88 Å². The first-order valence-corrected chi connectivity index (χ1v) is 4.86. The summed E-state index contributed by atoms with van der Waals surface area (Å²) in [5.74, 6) is -2.31. The van der Waals surface area contributed by atoms with Crippen LogP contribution in [-0.2, 0) is 0 Å². The quantitative estimate of drug-likeness (QED) is 0.769. The molecule has 0 unspecified atom stereocenters. The summed E-state index contributed by atoms with van der Waals surface area (Å²) < 4.78 is 29.9. The van der Waals surface area contributed by atoms with Crippen LogP contribution in [0.15, 0.2) is 18.2 Å². The second kappa shape index (κ2) is 4.55. The van der Waals surface area contributed by atoms with Crippen LogP contribution >= 0.6 is 0 Å². The molecule has 0 saturated heterocycles. The van der Waals surface area contributed by atoms with E-state index in [0.717, 1.165) is 12.6 Å². The molecule has 0 bridgehead atoms. The van der Waals surface area contributed by atoms with E-state index in [4.69, 9.17) is 4.74 Å². The Balaban J connectivity index is 2.66. The van der Waals surface area contributed by atoms with Crippen LogP contribution in [0.3, 0.4) is 0 Å². The van der Waals surface area contributed by atoms with E-state index >= 15 is 0 Å². The summed E-state index contributed by atoms with van der Waals surface area (Å²) in [6.45, 7) is 4.15. The number of alkyl halides is 2. The fourth-order valence-corrected chi connectivity index (χ4v) is 1.03.